The van der Waals surface area contributed by atoms with Crippen LogP contribution >= 0.6 is 0 Å². The number of hydrogen-bond donors (Lipinski definition) is 2. The number of nitrogens with zero attached hydrogens (tertiary/aromatic N) is 1. The van der Waals surface area contributed by atoms with Crippen molar-refractivity contribution in [3.05, 3.63) is 89.5 Å². The molecule has 0 aliphatic rings. The fraction of sp³-hybridized carbons (Fsp3) is 0.130. The fourth-order valence-electron chi connectivity index (χ4n) is 2.85. The Bertz CT molecular complexity index is 1210. The van der Waals surface area contributed by atoms with Crippen molar-refractivity contribution >= 4 is 33.2 Å². The van der Waals surface area contributed by atoms with Gasteiger partial charge < -0.3 is 10.6 Å². The zero-order valence-electron chi connectivity index (χ0n) is 17.4. The molecule has 160 valence electrons. The highest BCUT2D eigenvalue weighted by Gasteiger charge is 2.20. The Hall–Kier alpha value is -3.49. The van der Waals surface area contributed by atoms with E-state index in [4.69, 9.17) is 0 Å². The van der Waals surface area contributed by atoms with Crippen molar-refractivity contribution in [1.29, 1.82) is 0 Å². The first-order valence-electron chi connectivity index (χ1n) is 9.49. The largest absolute Gasteiger partial charge is 0.322 e. The molecule has 0 saturated carbocycles. The van der Waals surface area contributed by atoms with Gasteiger partial charge in [-0.3, -0.25) is 9.59 Å². The van der Waals surface area contributed by atoms with Gasteiger partial charge in [-0.05, 0) is 61.0 Å². The Kier molecular flexibility index (Phi) is 6.53. The molecule has 7 nitrogen and oxygen atoms in total. The summed E-state index contributed by atoms with van der Waals surface area (Å²) in [7, 11) is -0.716. The minimum Gasteiger partial charge on any atom is -0.322 e. The predicted octanol–water partition coefficient (Wildman–Crippen LogP) is 3.75. The average Bonchev–Trinajstić information content (AvgIpc) is 2.76. The molecule has 0 fully saturated rings. The highest BCUT2D eigenvalue weighted by Crippen LogP contribution is 2.23. The molecule has 0 saturated heterocycles. The number of amides is 2. The van der Waals surface area contributed by atoms with Crippen LogP contribution in [0.15, 0.2) is 77.7 Å². The molecule has 0 spiro atoms. The van der Waals surface area contributed by atoms with E-state index in [9.17, 15) is 18.0 Å². The van der Waals surface area contributed by atoms with E-state index < -0.39 is 15.9 Å². The lowest BCUT2D eigenvalue weighted by Gasteiger charge is -2.15. The smallest absolute Gasteiger partial charge is 0.255 e. The molecular formula is C23H23N3O4S. The van der Waals surface area contributed by atoms with Crippen LogP contribution in [0.25, 0.3) is 0 Å². The van der Waals surface area contributed by atoms with Gasteiger partial charge in [-0.1, -0.05) is 24.3 Å². The number of carbonyl (C=O) groups excluding carboxylic acids is 2. The minimum absolute atomic E-state index is 0.134. The van der Waals surface area contributed by atoms with E-state index in [1.165, 1.54) is 20.2 Å². The van der Waals surface area contributed by atoms with Gasteiger partial charge in [0.25, 0.3) is 11.8 Å². The fourth-order valence-corrected chi connectivity index (χ4v) is 4.00. The zero-order valence-corrected chi connectivity index (χ0v) is 18.2. The van der Waals surface area contributed by atoms with Crippen LogP contribution in [0, 0.1) is 6.92 Å². The van der Waals surface area contributed by atoms with Crippen molar-refractivity contribution in [1.82, 2.24) is 4.31 Å². The van der Waals surface area contributed by atoms with E-state index in [0.29, 0.717) is 28.1 Å². The van der Waals surface area contributed by atoms with Gasteiger partial charge in [0.2, 0.25) is 10.0 Å². The maximum atomic E-state index is 12.6. The summed E-state index contributed by atoms with van der Waals surface area (Å²) in [6.07, 6.45) is 0. The van der Waals surface area contributed by atoms with Crippen LogP contribution < -0.4 is 10.6 Å². The third kappa shape index (κ3) is 5.17. The van der Waals surface area contributed by atoms with Crippen LogP contribution in [-0.4, -0.2) is 38.6 Å². The number of anilines is 2. The number of benzene rings is 3. The second kappa shape index (κ2) is 9.11. The molecule has 2 N–H and O–H groups in total. The topological polar surface area (TPSA) is 95.6 Å². The summed E-state index contributed by atoms with van der Waals surface area (Å²) >= 11 is 0. The quantitative estimate of drug-likeness (QED) is 0.614. The van der Waals surface area contributed by atoms with Crippen LogP contribution in [-0.2, 0) is 10.0 Å². The summed E-state index contributed by atoms with van der Waals surface area (Å²) in [4.78, 5) is 24.9. The summed E-state index contributed by atoms with van der Waals surface area (Å²) in [5.41, 5.74) is 2.42. The van der Waals surface area contributed by atoms with Gasteiger partial charge in [0.05, 0.1) is 4.90 Å². The highest BCUT2D eigenvalue weighted by atomic mass is 32.2. The summed E-state index contributed by atoms with van der Waals surface area (Å²) in [5.74, 6) is -0.634. The number of rotatable bonds is 6. The first kappa shape index (κ1) is 22.2. The van der Waals surface area contributed by atoms with E-state index in [1.807, 2.05) is 6.07 Å². The maximum Gasteiger partial charge on any atom is 0.255 e. The average molecular weight is 438 g/mol. The van der Waals surface area contributed by atoms with Crippen molar-refractivity contribution in [3.8, 4) is 0 Å². The molecule has 8 heteroatoms. The van der Waals surface area contributed by atoms with E-state index in [2.05, 4.69) is 10.6 Å². The van der Waals surface area contributed by atoms with Gasteiger partial charge in [0.1, 0.15) is 0 Å². The molecule has 3 aromatic rings. The van der Waals surface area contributed by atoms with Crippen LogP contribution in [0.5, 0.6) is 0 Å². The maximum absolute atomic E-state index is 12.6. The summed E-state index contributed by atoms with van der Waals surface area (Å²) in [5, 5.41) is 5.49. The van der Waals surface area contributed by atoms with E-state index >= 15 is 0 Å². The van der Waals surface area contributed by atoms with Gasteiger partial charge in [0.15, 0.2) is 0 Å². The monoisotopic (exact) mass is 437 g/mol. The van der Waals surface area contributed by atoms with Crippen molar-refractivity contribution in [2.45, 2.75) is 11.8 Å². The number of sulfonamides is 1. The second-order valence-corrected chi connectivity index (χ2v) is 9.24. The van der Waals surface area contributed by atoms with Crippen molar-refractivity contribution in [3.63, 3.8) is 0 Å². The molecule has 3 rings (SSSR count). The molecule has 0 unspecified atom stereocenters. The Morgan fingerprint density at radius 2 is 1.26 bits per heavy atom. The molecule has 31 heavy (non-hydrogen) atoms. The predicted molar refractivity (Wildman–Crippen MR) is 121 cm³/mol. The third-order valence-corrected chi connectivity index (χ3v) is 6.60. The molecule has 2 amide bonds. The zero-order chi connectivity index (χ0) is 22.6. The Morgan fingerprint density at radius 1 is 0.742 bits per heavy atom. The van der Waals surface area contributed by atoms with Crippen molar-refractivity contribution < 1.29 is 18.0 Å². The van der Waals surface area contributed by atoms with Crippen LogP contribution in [0.4, 0.5) is 11.4 Å². The van der Waals surface area contributed by atoms with Crippen molar-refractivity contribution in [2.75, 3.05) is 24.7 Å². The third-order valence-electron chi connectivity index (χ3n) is 4.65. The van der Waals surface area contributed by atoms with E-state index in [-0.39, 0.29) is 10.8 Å². The summed E-state index contributed by atoms with van der Waals surface area (Å²) < 4.78 is 26.1. The molecular weight excluding hydrogens is 414 g/mol. The van der Waals surface area contributed by atoms with Gasteiger partial charge in [-0.2, -0.15) is 0 Å². The normalized spacial score (nSPS) is 11.2. The second-order valence-electron chi connectivity index (χ2n) is 7.12. The Morgan fingerprint density at radius 3 is 1.84 bits per heavy atom. The molecule has 0 radical (unpaired) electrons. The SMILES string of the molecule is Cc1ccc(NC(=O)c2ccc(NC(=O)c3ccccc3)cc2)cc1S(=O)(=O)N(C)C. The van der Waals surface area contributed by atoms with Gasteiger partial charge in [0, 0.05) is 36.6 Å². The first-order valence-corrected chi connectivity index (χ1v) is 10.9. The molecule has 0 aliphatic carbocycles. The molecule has 0 bridgehead atoms. The van der Waals surface area contributed by atoms with Gasteiger partial charge in [-0.25, -0.2) is 12.7 Å². The van der Waals surface area contributed by atoms with E-state index in [1.54, 1.807) is 67.6 Å². The lowest BCUT2D eigenvalue weighted by atomic mass is 10.1. The number of hydrogen-bond acceptors (Lipinski definition) is 4. The first-order chi connectivity index (χ1) is 14.7. The molecule has 0 aromatic heterocycles. The molecule has 0 aliphatic heterocycles. The Balaban J connectivity index is 1.72. The van der Waals surface area contributed by atoms with Crippen LogP contribution in [0.1, 0.15) is 26.3 Å². The summed E-state index contributed by atoms with van der Waals surface area (Å²) in [6, 6.07) is 20.0. The minimum atomic E-state index is -3.63. The van der Waals surface area contributed by atoms with Crippen molar-refractivity contribution in [2.24, 2.45) is 0 Å². The van der Waals surface area contributed by atoms with Gasteiger partial charge in [-0.15, -0.1) is 0 Å². The number of carbonyl (C=O) groups is 2. The number of nitrogens with one attached hydrogen (secondary N) is 2. The molecule has 0 heterocycles. The van der Waals surface area contributed by atoms with Gasteiger partial charge >= 0.3 is 0 Å². The molecule has 0 atom stereocenters. The van der Waals surface area contributed by atoms with E-state index in [0.717, 1.165) is 4.31 Å². The highest BCUT2D eigenvalue weighted by molar-refractivity contribution is 7.89. The lowest BCUT2D eigenvalue weighted by Crippen LogP contribution is -2.23. The van der Waals surface area contributed by atoms with Crippen LogP contribution in [0.3, 0.4) is 0 Å². The molecule has 3 aromatic carbocycles. The summed E-state index contributed by atoms with van der Waals surface area (Å²) in [6.45, 7) is 1.70. The van der Waals surface area contributed by atoms with Crippen LogP contribution in [0.2, 0.25) is 0 Å². The number of aryl methyl sites for hydroxylation is 1. The lowest BCUT2D eigenvalue weighted by molar-refractivity contribution is 0.102. The Labute approximate surface area is 181 Å². The standard InChI is InChI=1S/C23H23N3O4S/c1-16-9-12-20(15-21(16)31(29,30)26(2)3)25-23(28)18-10-13-19(14-11-18)24-22(27)17-7-5-4-6-8-17/h4-15H,1-3H3,(H,24,27)(H,25,28).